The highest BCUT2D eigenvalue weighted by atomic mass is 32.2. The number of sulfonamides is 1. The quantitative estimate of drug-likeness (QED) is 0.588. The number of ether oxygens (including phenoxy) is 1. The molecule has 0 fully saturated rings. The zero-order valence-corrected chi connectivity index (χ0v) is 17.6. The van der Waals surface area contributed by atoms with E-state index in [1.807, 2.05) is 43.3 Å². The van der Waals surface area contributed by atoms with Gasteiger partial charge in [-0.05, 0) is 60.0 Å². The smallest absolute Gasteiger partial charge is 0.335 e. The third-order valence-electron chi connectivity index (χ3n) is 4.86. The number of rotatable bonds is 8. The van der Waals surface area contributed by atoms with Crippen molar-refractivity contribution in [2.45, 2.75) is 24.9 Å². The number of aryl methyl sites for hydroxylation is 1. The van der Waals surface area contributed by atoms with Gasteiger partial charge in [0.25, 0.3) is 0 Å². The molecule has 0 aromatic heterocycles. The first-order valence-electron chi connectivity index (χ1n) is 9.32. The van der Waals surface area contributed by atoms with E-state index in [2.05, 4.69) is 0 Å². The highest BCUT2D eigenvalue weighted by molar-refractivity contribution is 7.89. The van der Waals surface area contributed by atoms with Crippen LogP contribution in [0, 0.1) is 6.92 Å². The van der Waals surface area contributed by atoms with Gasteiger partial charge in [-0.1, -0.05) is 36.4 Å². The maximum absolute atomic E-state index is 13.4. The number of aromatic carboxylic acids is 1. The summed E-state index contributed by atoms with van der Waals surface area (Å²) in [5.74, 6) is -0.412. The first-order chi connectivity index (χ1) is 14.3. The van der Waals surface area contributed by atoms with Crippen molar-refractivity contribution in [1.29, 1.82) is 0 Å². The molecule has 0 spiro atoms. The summed E-state index contributed by atoms with van der Waals surface area (Å²) in [6.07, 6.45) is 0. The molecule has 0 radical (unpaired) electrons. The molecule has 3 aromatic carbocycles. The maximum atomic E-state index is 13.4. The molecule has 0 heterocycles. The van der Waals surface area contributed by atoms with Crippen LogP contribution in [-0.2, 0) is 23.1 Å². The fourth-order valence-corrected chi connectivity index (χ4v) is 4.46. The molecule has 3 rings (SSSR count). The molecular formula is C23H23NO5S. The first-order valence-corrected chi connectivity index (χ1v) is 10.8. The minimum atomic E-state index is -3.86. The standard InChI is InChI=1S/C23H23NO5S/c1-17-5-3-4-6-20(17)16-24(15-18-7-11-21(29-2)12-8-18)30(27,28)22-13-9-19(10-14-22)23(25)26/h3-14H,15-16H2,1-2H3,(H,25,26). The molecule has 1 N–H and O–H groups in total. The number of hydrogen-bond acceptors (Lipinski definition) is 4. The lowest BCUT2D eigenvalue weighted by Crippen LogP contribution is -2.30. The van der Waals surface area contributed by atoms with Gasteiger partial charge < -0.3 is 9.84 Å². The Balaban J connectivity index is 1.97. The Morgan fingerprint density at radius 1 is 0.933 bits per heavy atom. The largest absolute Gasteiger partial charge is 0.497 e. The van der Waals surface area contributed by atoms with E-state index in [1.54, 1.807) is 19.2 Å². The summed E-state index contributed by atoms with van der Waals surface area (Å²) >= 11 is 0. The van der Waals surface area contributed by atoms with Gasteiger partial charge in [-0.15, -0.1) is 0 Å². The zero-order valence-electron chi connectivity index (χ0n) is 16.8. The van der Waals surface area contributed by atoms with Crippen LogP contribution in [0.5, 0.6) is 5.75 Å². The summed E-state index contributed by atoms with van der Waals surface area (Å²) in [5.41, 5.74) is 2.75. The van der Waals surface area contributed by atoms with Crippen molar-refractivity contribution in [1.82, 2.24) is 4.31 Å². The number of carboxylic acid groups (broad SMARTS) is 1. The Morgan fingerprint density at radius 3 is 2.13 bits per heavy atom. The van der Waals surface area contributed by atoms with Gasteiger partial charge in [0.05, 0.1) is 17.6 Å². The SMILES string of the molecule is COc1ccc(CN(Cc2ccccc2C)S(=O)(=O)c2ccc(C(=O)O)cc2)cc1. The maximum Gasteiger partial charge on any atom is 0.335 e. The van der Waals surface area contributed by atoms with Crippen LogP contribution < -0.4 is 4.74 Å². The van der Waals surface area contributed by atoms with Crippen molar-refractivity contribution in [2.24, 2.45) is 0 Å². The predicted octanol–water partition coefficient (Wildman–Crippen LogP) is 4.09. The van der Waals surface area contributed by atoms with Gasteiger partial charge in [0.2, 0.25) is 10.0 Å². The number of carbonyl (C=O) groups is 1. The average molecular weight is 426 g/mol. The van der Waals surface area contributed by atoms with E-state index in [-0.39, 0.29) is 23.5 Å². The van der Waals surface area contributed by atoms with Gasteiger partial charge in [-0.3, -0.25) is 0 Å². The number of nitrogens with zero attached hydrogens (tertiary/aromatic N) is 1. The summed E-state index contributed by atoms with van der Waals surface area (Å²) in [6, 6.07) is 20.1. The van der Waals surface area contributed by atoms with Crippen molar-refractivity contribution < 1.29 is 23.1 Å². The molecule has 0 saturated carbocycles. The van der Waals surface area contributed by atoms with E-state index in [4.69, 9.17) is 9.84 Å². The Hall–Kier alpha value is -3.16. The fraction of sp³-hybridized carbons (Fsp3) is 0.174. The Morgan fingerprint density at radius 2 is 1.57 bits per heavy atom. The molecule has 0 atom stereocenters. The van der Waals surface area contributed by atoms with E-state index < -0.39 is 16.0 Å². The Kier molecular flexibility index (Phi) is 6.54. The van der Waals surface area contributed by atoms with Crippen molar-refractivity contribution >= 4 is 16.0 Å². The lowest BCUT2D eigenvalue weighted by molar-refractivity contribution is 0.0696. The molecule has 0 aliphatic carbocycles. The van der Waals surface area contributed by atoms with Crippen molar-refractivity contribution in [2.75, 3.05) is 7.11 Å². The molecule has 3 aromatic rings. The number of hydrogen-bond donors (Lipinski definition) is 1. The molecular weight excluding hydrogens is 402 g/mol. The second kappa shape index (κ2) is 9.11. The zero-order chi connectivity index (χ0) is 21.7. The summed E-state index contributed by atoms with van der Waals surface area (Å²) in [7, 11) is -2.29. The topological polar surface area (TPSA) is 83.9 Å². The minimum absolute atomic E-state index is 0.0366. The lowest BCUT2D eigenvalue weighted by Gasteiger charge is -2.23. The van der Waals surface area contributed by atoms with Gasteiger partial charge in [0, 0.05) is 13.1 Å². The third-order valence-corrected chi connectivity index (χ3v) is 6.67. The molecule has 30 heavy (non-hydrogen) atoms. The minimum Gasteiger partial charge on any atom is -0.497 e. The monoisotopic (exact) mass is 425 g/mol. The van der Waals surface area contributed by atoms with Gasteiger partial charge in [-0.25, -0.2) is 13.2 Å². The van der Waals surface area contributed by atoms with Crippen LogP contribution in [0.3, 0.4) is 0 Å². The van der Waals surface area contributed by atoms with Gasteiger partial charge in [0.1, 0.15) is 5.75 Å². The highest BCUT2D eigenvalue weighted by Crippen LogP contribution is 2.24. The number of benzene rings is 3. The van der Waals surface area contributed by atoms with Crippen LogP contribution in [-0.4, -0.2) is 30.9 Å². The molecule has 0 aliphatic rings. The summed E-state index contributed by atoms with van der Waals surface area (Å²) in [4.78, 5) is 11.1. The van der Waals surface area contributed by atoms with E-state index in [1.165, 1.54) is 28.6 Å². The van der Waals surface area contributed by atoms with Crippen molar-refractivity contribution in [3.8, 4) is 5.75 Å². The van der Waals surface area contributed by atoms with Crippen molar-refractivity contribution in [3.05, 3.63) is 95.1 Å². The van der Waals surface area contributed by atoms with Gasteiger partial charge in [0.15, 0.2) is 0 Å². The lowest BCUT2D eigenvalue weighted by atomic mass is 10.1. The molecule has 0 unspecified atom stereocenters. The van der Waals surface area contributed by atoms with Crippen LogP contribution in [0.2, 0.25) is 0 Å². The van der Waals surface area contributed by atoms with Gasteiger partial charge in [-0.2, -0.15) is 4.31 Å². The van der Waals surface area contributed by atoms with E-state index in [9.17, 15) is 13.2 Å². The Bertz CT molecular complexity index is 1120. The molecule has 0 amide bonds. The highest BCUT2D eigenvalue weighted by Gasteiger charge is 2.25. The molecule has 7 heteroatoms. The second-order valence-electron chi connectivity index (χ2n) is 6.88. The predicted molar refractivity (Wildman–Crippen MR) is 114 cm³/mol. The van der Waals surface area contributed by atoms with E-state index in [0.717, 1.165) is 16.7 Å². The summed E-state index contributed by atoms with van der Waals surface area (Å²) in [6.45, 7) is 2.30. The van der Waals surface area contributed by atoms with E-state index in [0.29, 0.717) is 5.75 Å². The third kappa shape index (κ3) is 4.87. The van der Waals surface area contributed by atoms with Gasteiger partial charge >= 0.3 is 5.97 Å². The molecule has 0 saturated heterocycles. The Labute approximate surface area is 176 Å². The van der Waals surface area contributed by atoms with Crippen LogP contribution in [0.15, 0.2) is 77.7 Å². The average Bonchev–Trinajstić information content (AvgIpc) is 2.75. The normalized spacial score (nSPS) is 11.4. The van der Waals surface area contributed by atoms with Crippen LogP contribution in [0.1, 0.15) is 27.0 Å². The number of methoxy groups -OCH3 is 1. The second-order valence-corrected chi connectivity index (χ2v) is 8.82. The van der Waals surface area contributed by atoms with Crippen LogP contribution >= 0.6 is 0 Å². The molecule has 0 aliphatic heterocycles. The summed E-state index contributed by atoms with van der Waals surface area (Å²) < 4.78 is 33.4. The van der Waals surface area contributed by atoms with Crippen molar-refractivity contribution in [3.63, 3.8) is 0 Å². The fourth-order valence-electron chi connectivity index (χ4n) is 3.06. The molecule has 0 bridgehead atoms. The molecule has 156 valence electrons. The first kappa shape index (κ1) is 21.5. The summed E-state index contributed by atoms with van der Waals surface area (Å²) in [5, 5.41) is 9.08. The molecule has 6 nitrogen and oxygen atoms in total. The van der Waals surface area contributed by atoms with Crippen LogP contribution in [0.4, 0.5) is 0 Å². The number of carboxylic acids is 1. The van der Waals surface area contributed by atoms with E-state index >= 15 is 0 Å². The van der Waals surface area contributed by atoms with Crippen LogP contribution in [0.25, 0.3) is 0 Å².